The van der Waals surface area contributed by atoms with Gasteiger partial charge in [0.25, 0.3) is 0 Å². The van der Waals surface area contributed by atoms with Crippen LogP contribution in [0, 0.1) is 0 Å². The summed E-state index contributed by atoms with van der Waals surface area (Å²) >= 11 is 0. The van der Waals surface area contributed by atoms with Crippen LogP contribution in [0.5, 0.6) is 11.5 Å². The highest BCUT2D eigenvalue weighted by atomic mass is 16.6. The Hall–Kier alpha value is -3.58. The molecule has 0 bridgehead atoms. The van der Waals surface area contributed by atoms with Gasteiger partial charge in [0.05, 0.1) is 19.3 Å². The van der Waals surface area contributed by atoms with Crippen molar-refractivity contribution in [2.24, 2.45) is 0 Å². The number of ether oxygens (including phenoxy) is 3. The molecule has 0 aromatic heterocycles. The first-order valence-corrected chi connectivity index (χ1v) is 11.7. The summed E-state index contributed by atoms with van der Waals surface area (Å²) in [5.74, 6) is -0.374. The van der Waals surface area contributed by atoms with Gasteiger partial charge in [0.2, 0.25) is 0 Å². The second-order valence-electron chi connectivity index (χ2n) is 8.85. The molecule has 0 spiro atoms. The molecule has 0 saturated carbocycles. The fraction of sp³-hybridized carbons (Fsp3) is 0.357. The minimum absolute atomic E-state index is 0.0305. The number of esters is 1. The average molecular weight is 478 g/mol. The molecule has 1 heterocycles. The molecular weight excluding hydrogens is 446 g/mol. The highest BCUT2D eigenvalue weighted by molar-refractivity contribution is 6.04. The van der Waals surface area contributed by atoms with Crippen LogP contribution in [-0.2, 0) is 19.1 Å². The van der Waals surface area contributed by atoms with Crippen molar-refractivity contribution < 1.29 is 28.9 Å². The van der Waals surface area contributed by atoms with Crippen LogP contribution in [0.3, 0.4) is 0 Å². The Morgan fingerprint density at radius 2 is 1.86 bits per heavy atom. The number of allylic oxidation sites excluding steroid dienone is 3. The number of rotatable bonds is 7. The lowest BCUT2D eigenvalue weighted by Gasteiger charge is -2.41. The van der Waals surface area contributed by atoms with E-state index in [9.17, 15) is 14.7 Å². The van der Waals surface area contributed by atoms with Gasteiger partial charge >= 0.3 is 5.97 Å². The molecule has 184 valence electrons. The highest BCUT2D eigenvalue weighted by Crippen LogP contribution is 2.49. The standard InChI is InChI=1S/C28H31NO6/c1-17-25(28(32)35-13-12-33-3)26(18-8-7-9-20(30)14-18)27-22(29(17)2)15-19(16-23(27)31)21-10-5-6-11-24(21)34-4/h5-11,14,19,26,30H,12-13,15-16H2,1-4H3. The van der Waals surface area contributed by atoms with E-state index >= 15 is 0 Å². The minimum Gasteiger partial charge on any atom is -0.508 e. The van der Waals surface area contributed by atoms with E-state index in [1.807, 2.05) is 49.2 Å². The Labute approximate surface area is 205 Å². The molecule has 7 nitrogen and oxygen atoms in total. The van der Waals surface area contributed by atoms with Crippen LogP contribution in [0.1, 0.15) is 42.7 Å². The van der Waals surface area contributed by atoms with Crippen LogP contribution in [-0.4, -0.2) is 56.2 Å². The number of carbonyl (C=O) groups is 2. The Balaban J connectivity index is 1.81. The van der Waals surface area contributed by atoms with Crippen LogP contribution in [0.4, 0.5) is 0 Å². The predicted octanol–water partition coefficient (Wildman–Crippen LogP) is 4.29. The molecule has 1 aliphatic heterocycles. The Bertz CT molecular complexity index is 1200. The smallest absolute Gasteiger partial charge is 0.336 e. The third-order valence-electron chi connectivity index (χ3n) is 6.88. The van der Waals surface area contributed by atoms with Crippen LogP contribution < -0.4 is 4.74 Å². The maximum Gasteiger partial charge on any atom is 0.336 e. The van der Waals surface area contributed by atoms with Crippen LogP contribution in [0.2, 0.25) is 0 Å². The first kappa shape index (κ1) is 24.5. The number of hydrogen-bond acceptors (Lipinski definition) is 7. The molecule has 0 saturated heterocycles. The predicted molar refractivity (Wildman–Crippen MR) is 131 cm³/mol. The van der Waals surface area contributed by atoms with Crippen molar-refractivity contribution in [2.75, 3.05) is 34.5 Å². The molecule has 1 N–H and O–H groups in total. The topological polar surface area (TPSA) is 85.3 Å². The van der Waals surface area contributed by atoms with Crippen molar-refractivity contribution >= 4 is 11.8 Å². The van der Waals surface area contributed by atoms with Gasteiger partial charge in [-0.3, -0.25) is 4.79 Å². The van der Waals surface area contributed by atoms with Gasteiger partial charge in [0.15, 0.2) is 5.78 Å². The van der Waals surface area contributed by atoms with Gasteiger partial charge in [-0.25, -0.2) is 4.79 Å². The van der Waals surface area contributed by atoms with Crippen molar-refractivity contribution in [3.63, 3.8) is 0 Å². The van der Waals surface area contributed by atoms with E-state index in [-0.39, 0.29) is 30.7 Å². The third kappa shape index (κ3) is 4.68. The molecular formula is C28H31NO6. The summed E-state index contributed by atoms with van der Waals surface area (Å²) in [6.07, 6.45) is 0.921. The monoisotopic (exact) mass is 477 g/mol. The lowest BCUT2D eigenvalue weighted by molar-refractivity contribution is -0.140. The van der Waals surface area contributed by atoms with Gasteiger partial charge in [-0.2, -0.15) is 0 Å². The minimum atomic E-state index is -0.630. The Morgan fingerprint density at radius 1 is 1.09 bits per heavy atom. The van der Waals surface area contributed by atoms with Crippen molar-refractivity contribution in [1.29, 1.82) is 0 Å². The van der Waals surface area contributed by atoms with Gasteiger partial charge in [-0.05, 0) is 42.7 Å². The molecule has 0 radical (unpaired) electrons. The number of phenols is 1. The Morgan fingerprint density at radius 3 is 2.57 bits per heavy atom. The molecule has 35 heavy (non-hydrogen) atoms. The summed E-state index contributed by atoms with van der Waals surface area (Å²) in [6, 6.07) is 14.5. The largest absolute Gasteiger partial charge is 0.508 e. The van der Waals surface area contributed by atoms with Gasteiger partial charge in [-0.15, -0.1) is 0 Å². The SMILES string of the molecule is COCCOC(=O)C1=C(C)N(C)C2=C(C(=O)CC(c3ccccc3OC)C2)C1c1cccc(O)c1. The number of benzene rings is 2. The lowest BCUT2D eigenvalue weighted by Crippen LogP contribution is -2.37. The lowest BCUT2D eigenvalue weighted by atomic mass is 9.71. The molecule has 7 heteroatoms. The Kier molecular flexibility index (Phi) is 7.26. The quantitative estimate of drug-likeness (QED) is 0.470. The summed E-state index contributed by atoms with van der Waals surface area (Å²) in [5, 5.41) is 10.2. The fourth-order valence-corrected chi connectivity index (χ4v) is 5.11. The van der Waals surface area contributed by atoms with Gasteiger partial charge in [-0.1, -0.05) is 30.3 Å². The van der Waals surface area contributed by atoms with Crippen molar-refractivity contribution in [3.8, 4) is 11.5 Å². The number of ketones is 1. The molecule has 2 unspecified atom stereocenters. The molecule has 2 aromatic carbocycles. The zero-order valence-corrected chi connectivity index (χ0v) is 20.5. The average Bonchev–Trinajstić information content (AvgIpc) is 2.86. The molecule has 1 aliphatic carbocycles. The summed E-state index contributed by atoms with van der Waals surface area (Å²) in [6.45, 7) is 2.25. The van der Waals surface area contributed by atoms with Crippen molar-refractivity contribution in [1.82, 2.24) is 4.90 Å². The van der Waals surface area contributed by atoms with Crippen LogP contribution in [0.25, 0.3) is 0 Å². The van der Waals surface area contributed by atoms with E-state index in [0.29, 0.717) is 35.2 Å². The number of para-hydroxylation sites is 1. The van der Waals surface area contributed by atoms with Gasteiger partial charge in [0.1, 0.15) is 18.1 Å². The number of phenolic OH excluding ortho intramolecular Hbond substituents is 1. The van der Waals surface area contributed by atoms with Gasteiger partial charge < -0.3 is 24.2 Å². The molecule has 4 rings (SSSR count). The summed E-state index contributed by atoms with van der Waals surface area (Å²) in [7, 11) is 5.05. The summed E-state index contributed by atoms with van der Waals surface area (Å²) < 4.78 is 16.1. The normalized spacial score (nSPS) is 20.1. The zero-order chi connectivity index (χ0) is 25.1. The first-order chi connectivity index (χ1) is 16.9. The fourth-order valence-electron chi connectivity index (χ4n) is 5.11. The van der Waals surface area contributed by atoms with E-state index in [2.05, 4.69) is 0 Å². The zero-order valence-electron chi connectivity index (χ0n) is 20.5. The molecule has 0 fully saturated rings. The first-order valence-electron chi connectivity index (χ1n) is 11.7. The molecule has 0 amide bonds. The van der Waals surface area contributed by atoms with E-state index in [1.54, 1.807) is 25.3 Å². The number of nitrogens with zero attached hydrogens (tertiary/aromatic N) is 1. The van der Waals surface area contributed by atoms with Crippen LogP contribution >= 0.6 is 0 Å². The second-order valence-corrected chi connectivity index (χ2v) is 8.85. The summed E-state index contributed by atoms with van der Waals surface area (Å²) in [5.41, 5.74) is 4.23. The van der Waals surface area contributed by atoms with E-state index < -0.39 is 11.9 Å². The van der Waals surface area contributed by atoms with E-state index in [0.717, 1.165) is 17.0 Å². The van der Waals surface area contributed by atoms with Crippen molar-refractivity contribution in [2.45, 2.75) is 31.6 Å². The number of aromatic hydroxyl groups is 1. The van der Waals surface area contributed by atoms with E-state index in [4.69, 9.17) is 14.2 Å². The maximum atomic E-state index is 13.8. The number of hydrogen-bond donors (Lipinski definition) is 1. The van der Waals surface area contributed by atoms with Crippen molar-refractivity contribution in [3.05, 3.63) is 82.2 Å². The van der Waals surface area contributed by atoms with Gasteiger partial charge in [0, 0.05) is 49.4 Å². The number of Topliss-reactive ketones (excluding diaryl/α,β-unsaturated/α-hetero) is 1. The summed E-state index contributed by atoms with van der Waals surface area (Å²) in [4.78, 5) is 29.0. The number of carbonyl (C=O) groups excluding carboxylic acids is 2. The van der Waals surface area contributed by atoms with Crippen LogP contribution in [0.15, 0.2) is 71.1 Å². The maximum absolute atomic E-state index is 13.8. The third-order valence-corrected chi connectivity index (χ3v) is 6.88. The van der Waals surface area contributed by atoms with E-state index in [1.165, 1.54) is 7.11 Å². The second kappa shape index (κ2) is 10.4. The highest BCUT2D eigenvalue weighted by Gasteiger charge is 2.43. The molecule has 2 aromatic rings. The molecule has 2 aliphatic rings. The molecule has 2 atom stereocenters. The number of methoxy groups -OCH3 is 2.